The Morgan fingerprint density at radius 2 is 1.59 bits per heavy atom. The van der Waals surface area contributed by atoms with Crippen LogP contribution >= 0.6 is 0 Å². The number of likely N-dealkylation sites (tertiary alicyclic amines) is 1. The Hall–Kier alpha value is -3.79. The SMILES string of the molecule is O=C(NCC#CC(=O)N1C[C@@H]2C(C(=O)O)[C@@H]2C1)OCC1c2ccccc2-c2ccccc21. The van der Waals surface area contributed by atoms with Crippen LogP contribution in [-0.2, 0) is 14.3 Å². The van der Waals surface area contributed by atoms with E-state index >= 15 is 0 Å². The summed E-state index contributed by atoms with van der Waals surface area (Å²) in [6.45, 7) is 1.10. The minimum absolute atomic E-state index is 0.000855. The van der Waals surface area contributed by atoms with Gasteiger partial charge in [0.25, 0.3) is 5.91 Å². The first kappa shape index (κ1) is 20.1. The number of carboxylic acids is 1. The van der Waals surface area contributed by atoms with Crippen LogP contribution in [0.1, 0.15) is 17.0 Å². The fraction of sp³-hybridized carbons (Fsp3) is 0.320. The molecule has 32 heavy (non-hydrogen) atoms. The van der Waals surface area contributed by atoms with Crippen LogP contribution in [0, 0.1) is 29.6 Å². The predicted octanol–water partition coefficient (Wildman–Crippen LogP) is 2.32. The number of nitrogens with zero attached hydrogens (tertiary/aromatic N) is 1. The lowest BCUT2D eigenvalue weighted by Gasteiger charge is -2.15. The van der Waals surface area contributed by atoms with Gasteiger partial charge in [0.1, 0.15) is 6.61 Å². The van der Waals surface area contributed by atoms with E-state index in [1.54, 1.807) is 4.90 Å². The van der Waals surface area contributed by atoms with Gasteiger partial charge in [-0.3, -0.25) is 9.59 Å². The maximum atomic E-state index is 12.1. The molecule has 2 N–H and O–H groups in total. The molecule has 0 radical (unpaired) electrons. The summed E-state index contributed by atoms with van der Waals surface area (Å²) in [5.74, 6) is 3.80. The zero-order valence-corrected chi connectivity index (χ0v) is 17.3. The van der Waals surface area contributed by atoms with Crippen molar-refractivity contribution < 1.29 is 24.2 Å². The van der Waals surface area contributed by atoms with Crippen LogP contribution in [0.4, 0.5) is 4.79 Å². The van der Waals surface area contributed by atoms with E-state index in [0.717, 1.165) is 22.3 Å². The van der Waals surface area contributed by atoms with Gasteiger partial charge in [-0.25, -0.2) is 4.79 Å². The second-order valence-electron chi connectivity index (χ2n) is 8.38. The second kappa shape index (κ2) is 8.04. The molecule has 3 aliphatic rings. The zero-order valence-electron chi connectivity index (χ0n) is 17.3. The Balaban J connectivity index is 1.10. The van der Waals surface area contributed by atoms with Crippen LogP contribution in [0.25, 0.3) is 11.1 Å². The number of benzene rings is 2. The Labute approximate surface area is 185 Å². The minimum atomic E-state index is -0.787. The molecule has 0 spiro atoms. The van der Waals surface area contributed by atoms with Crippen LogP contribution < -0.4 is 5.32 Å². The van der Waals surface area contributed by atoms with Crippen molar-refractivity contribution in [3.8, 4) is 23.0 Å². The van der Waals surface area contributed by atoms with Crippen LogP contribution in [0.15, 0.2) is 48.5 Å². The molecule has 1 saturated carbocycles. The number of aliphatic carboxylic acids is 1. The highest BCUT2D eigenvalue weighted by Gasteiger charge is 2.60. The van der Waals surface area contributed by atoms with Crippen molar-refractivity contribution in [1.29, 1.82) is 0 Å². The van der Waals surface area contributed by atoms with Crippen molar-refractivity contribution in [1.82, 2.24) is 10.2 Å². The number of piperidine rings is 1. The third-order valence-electron chi connectivity index (χ3n) is 6.63. The standard InChI is InChI=1S/C25H22N2O5/c28-22(27-12-19-20(13-27)23(19)24(29)30)10-5-11-26-25(31)32-14-21-17-8-3-1-6-15(17)16-7-2-4-9-18(16)21/h1-4,6-9,19-21,23H,11-14H2,(H,26,31)(H,29,30)/t19-,20+,23?. The minimum Gasteiger partial charge on any atom is -0.481 e. The number of carbonyl (C=O) groups excluding carboxylic acids is 2. The summed E-state index contributed by atoms with van der Waals surface area (Å²) in [5.41, 5.74) is 4.60. The van der Waals surface area contributed by atoms with Gasteiger partial charge in [0.2, 0.25) is 0 Å². The first-order valence-corrected chi connectivity index (χ1v) is 10.6. The first-order chi connectivity index (χ1) is 15.5. The van der Waals surface area contributed by atoms with Crippen LogP contribution in [0.5, 0.6) is 0 Å². The molecule has 2 fully saturated rings. The lowest BCUT2D eigenvalue weighted by molar-refractivity contribution is -0.140. The van der Waals surface area contributed by atoms with Crippen molar-refractivity contribution in [3.63, 3.8) is 0 Å². The maximum absolute atomic E-state index is 12.1. The molecule has 162 valence electrons. The third kappa shape index (κ3) is 3.58. The highest BCUT2D eigenvalue weighted by atomic mass is 16.5. The number of carboxylic acid groups (broad SMARTS) is 1. The average molecular weight is 430 g/mol. The molecule has 0 aromatic heterocycles. The number of amides is 2. The van der Waals surface area contributed by atoms with E-state index in [9.17, 15) is 14.4 Å². The molecule has 7 nitrogen and oxygen atoms in total. The molecular weight excluding hydrogens is 408 g/mol. The Morgan fingerprint density at radius 3 is 2.19 bits per heavy atom. The molecule has 2 amide bonds. The first-order valence-electron chi connectivity index (χ1n) is 10.6. The van der Waals surface area contributed by atoms with E-state index in [2.05, 4.69) is 41.4 Å². The summed E-state index contributed by atoms with van der Waals surface area (Å²) >= 11 is 0. The molecule has 3 atom stereocenters. The van der Waals surface area contributed by atoms with E-state index in [1.165, 1.54) is 0 Å². The quantitative estimate of drug-likeness (QED) is 0.726. The van der Waals surface area contributed by atoms with Gasteiger partial charge < -0.3 is 20.1 Å². The van der Waals surface area contributed by atoms with Gasteiger partial charge in [-0.1, -0.05) is 54.5 Å². The molecule has 2 aliphatic carbocycles. The molecule has 2 aromatic carbocycles. The lowest BCUT2D eigenvalue weighted by Crippen LogP contribution is -2.31. The van der Waals surface area contributed by atoms with E-state index in [-0.39, 0.29) is 42.7 Å². The fourth-order valence-electron chi connectivity index (χ4n) is 5.02. The van der Waals surface area contributed by atoms with Crippen LogP contribution in [0.3, 0.4) is 0 Å². The summed E-state index contributed by atoms with van der Waals surface area (Å²) in [7, 11) is 0. The van der Waals surface area contributed by atoms with Crippen molar-refractivity contribution in [2.45, 2.75) is 5.92 Å². The molecule has 2 aromatic rings. The largest absolute Gasteiger partial charge is 0.481 e. The van der Waals surface area contributed by atoms with Gasteiger partial charge >= 0.3 is 12.1 Å². The number of alkyl carbamates (subject to hydrolysis) is 1. The summed E-state index contributed by atoms with van der Waals surface area (Å²) in [5, 5.41) is 11.6. The maximum Gasteiger partial charge on any atom is 0.407 e. The van der Waals surface area contributed by atoms with Crippen LogP contribution in [0.2, 0.25) is 0 Å². The fourth-order valence-corrected chi connectivity index (χ4v) is 5.02. The molecule has 7 heteroatoms. The predicted molar refractivity (Wildman–Crippen MR) is 116 cm³/mol. The van der Waals surface area contributed by atoms with E-state index in [0.29, 0.717) is 13.1 Å². The molecule has 5 rings (SSSR count). The van der Waals surface area contributed by atoms with Gasteiger partial charge in [0, 0.05) is 19.0 Å². The van der Waals surface area contributed by atoms with Crippen molar-refractivity contribution in [3.05, 3.63) is 59.7 Å². The summed E-state index contributed by atoms with van der Waals surface area (Å²) in [6.07, 6.45) is -0.583. The molecule has 1 heterocycles. The monoisotopic (exact) mass is 430 g/mol. The Kier molecular flexibility index (Phi) is 5.06. The third-order valence-corrected chi connectivity index (χ3v) is 6.63. The van der Waals surface area contributed by atoms with Crippen molar-refractivity contribution >= 4 is 18.0 Å². The number of hydrogen-bond donors (Lipinski definition) is 2. The Morgan fingerprint density at radius 1 is 1.00 bits per heavy atom. The van der Waals surface area contributed by atoms with Gasteiger partial charge in [-0.15, -0.1) is 0 Å². The number of carbonyl (C=O) groups is 3. The van der Waals surface area contributed by atoms with Gasteiger partial charge in [-0.05, 0) is 40.0 Å². The molecular formula is C25H22N2O5. The summed E-state index contributed by atoms with van der Waals surface area (Å²) < 4.78 is 5.43. The molecule has 1 saturated heterocycles. The van der Waals surface area contributed by atoms with Gasteiger partial charge in [-0.2, -0.15) is 0 Å². The number of hydrogen-bond acceptors (Lipinski definition) is 4. The molecule has 1 unspecified atom stereocenters. The number of rotatable bonds is 4. The van der Waals surface area contributed by atoms with E-state index < -0.39 is 12.1 Å². The highest BCUT2D eigenvalue weighted by Crippen LogP contribution is 2.51. The lowest BCUT2D eigenvalue weighted by atomic mass is 9.98. The van der Waals surface area contributed by atoms with Crippen molar-refractivity contribution in [2.24, 2.45) is 17.8 Å². The van der Waals surface area contributed by atoms with E-state index in [1.807, 2.05) is 24.3 Å². The Bertz CT molecular complexity index is 1110. The zero-order chi connectivity index (χ0) is 22.2. The summed E-state index contributed by atoms with van der Waals surface area (Å²) in [6, 6.07) is 16.2. The normalized spacial score (nSPS) is 22.1. The smallest absolute Gasteiger partial charge is 0.407 e. The average Bonchev–Trinajstić information content (AvgIpc) is 3.15. The second-order valence-corrected chi connectivity index (χ2v) is 8.38. The van der Waals surface area contributed by atoms with Crippen LogP contribution in [-0.4, -0.2) is 54.2 Å². The van der Waals surface area contributed by atoms with E-state index in [4.69, 9.17) is 9.84 Å². The molecule has 1 aliphatic heterocycles. The topological polar surface area (TPSA) is 95.9 Å². The number of nitrogens with one attached hydrogen (secondary N) is 1. The van der Waals surface area contributed by atoms with Gasteiger partial charge in [0.05, 0.1) is 12.5 Å². The van der Waals surface area contributed by atoms with Gasteiger partial charge in [0.15, 0.2) is 0 Å². The highest BCUT2D eigenvalue weighted by molar-refractivity contribution is 5.94. The number of ether oxygens (including phenoxy) is 1. The van der Waals surface area contributed by atoms with Crippen molar-refractivity contribution in [2.75, 3.05) is 26.2 Å². The molecule has 0 bridgehead atoms. The number of fused-ring (bicyclic) bond motifs is 4. The summed E-state index contributed by atoms with van der Waals surface area (Å²) in [4.78, 5) is 36.8.